The van der Waals surface area contributed by atoms with Gasteiger partial charge in [-0.3, -0.25) is 14.4 Å². The second-order valence-corrected chi connectivity index (χ2v) is 2.64. The number of ketones is 1. The topological polar surface area (TPSA) is 60.4 Å². The first-order chi connectivity index (χ1) is 6.02. The van der Waals surface area contributed by atoms with Crippen LogP contribution in [0.15, 0.2) is 12.2 Å². The number of carbonyl (C=O) groups is 3. The minimum absolute atomic E-state index is 0.0510. The molecule has 0 aromatic rings. The maximum atomic E-state index is 10.7. The van der Waals surface area contributed by atoms with Crippen molar-refractivity contribution in [3.63, 3.8) is 0 Å². The van der Waals surface area contributed by atoms with Gasteiger partial charge in [-0.05, 0) is 30.7 Å². The molecule has 72 valence electrons. The van der Waals surface area contributed by atoms with Crippen LogP contribution < -0.4 is 0 Å². The maximum Gasteiger partial charge on any atom is 0.313 e. The number of hydrogen-bond acceptors (Lipinski definition) is 4. The molecule has 0 rings (SSSR count). The fourth-order valence-corrected chi connectivity index (χ4v) is 0.625. The molecule has 5 heteroatoms. The van der Waals surface area contributed by atoms with Gasteiger partial charge in [0.1, 0.15) is 18.8 Å². The third-order valence-corrected chi connectivity index (χ3v) is 1.11. The van der Waals surface area contributed by atoms with Gasteiger partial charge in [0.15, 0.2) is 0 Å². The number of rotatable bonds is 5. The van der Waals surface area contributed by atoms with Gasteiger partial charge in [-0.25, -0.2) is 0 Å². The Hall–Kier alpha value is -1.16. The lowest BCUT2D eigenvalue weighted by Gasteiger charge is -1.97. The largest absolute Gasteiger partial charge is 0.461 e. The lowest BCUT2D eigenvalue weighted by atomic mass is 10.3. The Morgan fingerprint density at radius 3 is 2.46 bits per heavy atom. The highest BCUT2D eigenvalue weighted by atomic mass is 35.5. The number of ether oxygens (including phenoxy) is 1. The van der Waals surface area contributed by atoms with E-state index in [-0.39, 0.29) is 18.8 Å². The van der Waals surface area contributed by atoms with Crippen molar-refractivity contribution in [2.75, 3.05) is 6.61 Å². The number of esters is 1. The molecule has 0 atom stereocenters. The molecule has 0 aliphatic rings. The van der Waals surface area contributed by atoms with Gasteiger partial charge in [-0.15, -0.1) is 0 Å². The van der Waals surface area contributed by atoms with Gasteiger partial charge >= 0.3 is 5.97 Å². The van der Waals surface area contributed by atoms with Crippen LogP contribution in [0.2, 0.25) is 0 Å². The highest BCUT2D eigenvalue weighted by molar-refractivity contribution is 6.66. The highest BCUT2D eigenvalue weighted by Gasteiger charge is 2.04. The van der Waals surface area contributed by atoms with Gasteiger partial charge in [0.25, 0.3) is 0 Å². The summed E-state index contributed by atoms with van der Waals surface area (Å²) in [4.78, 5) is 31.3. The predicted octanol–water partition coefficient (Wildman–Crippen LogP) is 0.830. The van der Waals surface area contributed by atoms with Crippen LogP contribution in [0.25, 0.3) is 0 Å². The van der Waals surface area contributed by atoms with Gasteiger partial charge in [0.2, 0.25) is 5.24 Å². The molecule has 0 saturated carbocycles. The zero-order valence-electron chi connectivity index (χ0n) is 7.08. The van der Waals surface area contributed by atoms with E-state index in [4.69, 9.17) is 11.6 Å². The van der Waals surface area contributed by atoms with E-state index in [9.17, 15) is 14.4 Å². The van der Waals surface area contributed by atoms with Crippen molar-refractivity contribution in [3.05, 3.63) is 12.2 Å². The average molecular weight is 205 g/mol. The van der Waals surface area contributed by atoms with Gasteiger partial charge in [0, 0.05) is 0 Å². The third-order valence-electron chi connectivity index (χ3n) is 0.983. The van der Waals surface area contributed by atoms with E-state index in [1.54, 1.807) is 0 Å². The van der Waals surface area contributed by atoms with Crippen molar-refractivity contribution in [1.82, 2.24) is 0 Å². The monoisotopic (exact) mass is 204 g/mol. The number of hydrogen-bond donors (Lipinski definition) is 0. The molecule has 0 aliphatic carbocycles. The molecule has 0 unspecified atom stereocenters. The second-order valence-electron chi connectivity index (χ2n) is 2.27. The molecule has 0 amide bonds. The van der Waals surface area contributed by atoms with Crippen LogP contribution in [0, 0.1) is 0 Å². The van der Waals surface area contributed by atoms with E-state index in [1.807, 2.05) is 0 Å². The maximum absolute atomic E-state index is 10.7. The Balaban J connectivity index is 3.59. The van der Waals surface area contributed by atoms with Crippen LogP contribution >= 0.6 is 11.6 Å². The number of Topliss-reactive ketones (excluding diaryl/α,β-unsaturated/α-hetero) is 1. The summed E-state index contributed by atoms with van der Waals surface area (Å²) >= 11 is 4.96. The van der Waals surface area contributed by atoms with Crippen molar-refractivity contribution in [1.29, 1.82) is 0 Å². The Kier molecular flexibility index (Phi) is 5.80. The molecule has 0 spiro atoms. The lowest BCUT2D eigenvalue weighted by Crippen LogP contribution is -2.08. The summed E-state index contributed by atoms with van der Waals surface area (Å²) < 4.78 is 4.55. The minimum atomic E-state index is -0.636. The normalized spacial score (nSPS) is 10.0. The standard InChI is InChI=1S/C8H9ClO4/c1-6(10)5-8(12)13-4-2-3-7(9)11/h2-3H,4-5H2,1H3/b3-2+. The molecule has 4 nitrogen and oxygen atoms in total. The third kappa shape index (κ3) is 8.75. The fourth-order valence-electron chi connectivity index (χ4n) is 0.536. The lowest BCUT2D eigenvalue weighted by molar-refractivity contribution is -0.144. The Morgan fingerprint density at radius 2 is 2.00 bits per heavy atom. The molecule has 0 aliphatic heterocycles. The summed E-state index contributed by atoms with van der Waals surface area (Å²) in [6.07, 6.45) is 2.12. The Morgan fingerprint density at radius 1 is 1.38 bits per heavy atom. The van der Waals surface area contributed by atoms with E-state index in [0.29, 0.717) is 0 Å². The number of carbonyl (C=O) groups excluding carboxylic acids is 3. The summed E-state index contributed by atoms with van der Waals surface area (Å²) in [5.41, 5.74) is 0. The first-order valence-electron chi connectivity index (χ1n) is 3.53. The van der Waals surface area contributed by atoms with Gasteiger partial charge in [0.05, 0.1) is 0 Å². The summed E-state index contributed by atoms with van der Waals surface area (Å²) in [6, 6.07) is 0. The molecule has 0 radical (unpaired) electrons. The molecule has 0 aromatic heterocycles. The number of halogens is 1. The fraction of sp³-hybridized carbons (Fsp3) is 0.375. The van der Waals surface area contributed by atoms with Crippen molar-refractivity contribution >= 4 is 28.6 Å². The first kappa shape index (κ1) is 11.8. The molecule has 0 saturated heterocycles. The van der Waals surface area contributed by atoms with Gasteiger partial charge < -0.3 is 4.74 Å². The Bertz CT molecular complexity index is 245. The van der Waals surface area contributed by atoms with E-state index < -0.39 is 11.2 Å². The highest BCUT2D eigenvalue weighted by Crippen LogP contribution is 1.89. The summed E-state index contributed by atoms with van der Waals surface area (Å²) in [7, 11) is 0. The SMILES string of the molecule is CC(=O)CC(=O)OC/C=C/C(=O)Cl. The Labute approximate surface area is 80.5 Å². The summed E-state index contributed by atoms with van der Waals surface area (Å²) in [5.74, 6) is -0.874. The quantitative estimate of drug-likeness (QED) is 0.288. The molecule has 13 heavy (non-hydrogen) atoms. The molecular formula is C8H9ClO4. The van der Waals surface area contributed by atoms with E-state index in [2.05, 4.69) is 4.74 Å². The average Bonchev–Trinajstić information content (AvgIpc) is 1.96. The van der Waals surface area contributed by atoms with Crippen LogP contribution in [0.3, 0.4) is 0 Å². The van der Waals surface area contributed by atoms with Crippen LogP contribution in [-0.2, 0) is 19.1 Å². The van der Waals surface area contributed by atoms with Crippen molar-refractivity contribution in [2.24, 2.45) is 0 Å². The molecule has 0 heterocycles. The van der Waals surface area contributed by atoms with Crippen LogP contribution in [0.5, 0.6) is 0 Å². The van der Waals surface area contributed by atoms with Gasteiger partial charge in [-0.2, -0.15) is 0 Å². The molecule has 0 N–H and O–H groups in total. The predicted molar refractivity (Wildman–Crippen MR) is 46.3 cm³/mol. The molecule has 0 bridgehead atoms. The number of allylic oxidation sites excluding steroid dienone is 1. The summed E-state index contributed by atoms with van der Waals surface area (Å²) in [5, 5.41) is -0.636. The van der Waals surface area contributed by atoms with Crippen molar-refractivity contribution in [2.45, 2.75) is 13.3 Å². The van der Waals surface area contributed by atoms with Crippen LogP contribution in [0.4, 0.5) is 0 Å². The van der Waals surface area contributed by atoms with E-state index >= 15 is 0 Å². The zero-order chi connectivity index (χ0) is 10.3. The second kappa shape index (κ2) is 6.37. The molecular weight excluding hydrogens is 196 g/mol. The van der Waals surface area contributed by atoms with Crippen molar-refractivity contribution in [3.8, 4) is 0 Å². The van der Waals surface area contributed by atoms with E-state index in [0.717, 1.165) is 6.08 Å². The first-order valence-corrected chi connectivity index (χ1v) is 3.91. The van der Waals surface area contributed by atoms with E-state index in [1.165, 1.54) is 13.0 Å². The van der Waals surface area contributed by atoms with Crippen molar-refractivity contribution < 1.29 is 19.1 Å². The van der Waals surface area contributed by atoms with Crippen LogP contribution in [0.1, 0.15) is 13.3 Å². The van der Waals surface area contributed by atoms with Crippen LogP contribution in [-0.4, -0.2) is 23.6 Å². The smallest absolute Gasteiger partial charge is 0.313 e. The molecule has 0 aromatic carbocycles. The minimum Gasteiger partial charge on any atom is -0.461 e. The zero-order valence-corrected chi connectivity index (χ0v) is 7.84. The molecule has 0 fully saturated rings. The van der Waals surface area contributed by atoms with Gasteiger partial charge in [-0.1, -0.05) is 0 Å². The summed E-state index contributed by atoms with van der Waals surface area (Å²) in [6.45, 7) is 1.24.